The molecule has 112 valence electrons. The fraction of sp³-hybridized carbons (Fsp3) is 0.800. The third-order valence-corrected chi connectivity index (χ3v) is 2.63. The summed E-state index contributed by atoms with van der Waals surface area (Å²) in [6.07, 6.45) is -0.401. The van der Waals surface area contributed by atoms with Gasteiger partial charge in [-0.05, 0) is 18.4 Å². The summed E-state index contributed by atoms with van der Waals surface area (Å²) in [6.45, 7) is -0.706. The Morgan fingerprint density at radius 1 is 1.42 bits per heavy atom. The Balaban J connectivity index is 3.77. The molecule has 0 heterocycles. The number of amides is 2. The van der Waals surface area contributed by atoms with Gasteiger partial charge in [-0.3, -0.25) is 0 Å². The molecule has 0 aliphatic heterocycles. The lowest BCUT2D eigenvalue weighted by atomic mass is 10.2. The van der Waals surface area contributed by atoms with Crippen molar-refractivity contribution in [1.82, 2.24) is 10.6 Å². The second-order valence-corrected chi connectivity index (χ2v) is 4.52. The molecule has 0 radical (unpaired) electrons. The molecule has 0 aromatic rings. The number of rotatable bonds is 10. The molecule has 0 aliphatic carbocycles. The van der Waals surface area contributed by atoms with Crippen molar-refractivity contribution in [3.8, 4) is 0 Å². The molecular formula is C10H18F2N2O4S. The third-order valence-electron chi connectivity index (χ3n) is 1.99. The van der Waals surface area contributed by atoms with Crippen LogP contribution in [0.15, 0.2) is 0 Å². The number of carbonyl (C=O) groups is 2. The van der Waals surface area contributed by atoms with Gasteiger partial charge < -0.3 is 20.5 Å². The third kappa shape index (κ3) is 10.5. The molecule has 0 bridgehead atoms. The van der Waals surface area contributed by atoms with Crippen molar-refractivity contribution >= 4 is 23.8 Å². The fourth-order valence-electron chi connectivity index (χ4n) is 1.11. The summed E-state index contributed by atoms with van der Waals surface area (Å²) in [6, 6.07) is -1.62. The van der Waals surface area contributed by atoms with Crippen LogP contribution < -0.4 is 10.6 Å². The van der Waals surface area contributed by atoms with E-state index in [2.05, 4.69) is 15.4 Å². The van der Waals surface area contributed by atoms with Gasteiger partial charge in [0, 0.05) is 6.54 Å². The Kier molecular flexibility index (Phi) is 10.2. The van der Waals surface area contributed by atoms with E-state index in [4.69, 9.17) is 5.11 Å². The number of carboxylic acid groups (broad SMARTS) is 1. The van der Waals surface area contributed by atoms with Gasteiger partial charge in [0.05, 0.1) is 6.61 Å². The highest BCUT2D eigenvalue weighted by molar-refractivity contribution is 7.98. The maximum Gasteiger partial charge on any atom is 0.326 e. The molecule has 19 heavy (non-hydrogen) atoms. The second kappa shape index (κ2) is 10.8. The Morgan fingerprint density at radius 2 is 2.11 bits per heavy atom. The van der Waals surface area contributed by atoms with Crippen molar-refractivity contribution in [2.45, 2.75) is 18.9 Å². The Bertz CT molecular complexity index is 282. The molecule has 2 amide bonds. The first-order chi connectivity index (χ1) is 8.97. The van der Waals surface area contributed by atoms with Crippen molar-refractivity contribution in [1.29, 1.82) is 0 Å². The van der Waals surface area contributed by atoms with Crippen LogP contribution in [-0.2, 0) is 9.53 Å². The second-order valence-electron chi connectivity index (χ2n) is 3.54. The smallest absolute Gasteiger partial charge is 0.326 e. The van der Waals surface area contributed by atoms with Gasteiger partial charge in [0.1, 0.15) is 12.6 Å². The fourth-order valence-corrected chi connectivity index (χ4v) is 1.58. The predicted octanol–water partition coefficient (Wildman–Crippen LogP) is 0.774. The molecule has 6 nitrogen and oxygen atoms in total. The molecular weight excluding hydrogens is 282 g/mol. The molecule has 0 rings (SSSR count). The maximum absolute atomic E-state index is 11.7. The van der Waals surface area contributed by atoms with Gasteiger partial charge in [0.2, 0.25) is 0 Å². The standard InChI is InChI=1S/C10H18F2N2O4S/c1-19-5-2-7(9(15)16)14-10(17)13-3-4-18-6-8(11)12/h7-8H,2-6H2,1H3,(H,15,16)(H2,13,14,17)/t7-/m0/s1. The molecule has 3 N–H and O–H groups in total. The summed E-state index contributed by atoms with van der Waals surface area (Å²) < 4.78 is 28.0. The average Bonchev–Trinajstić information content (AvgIpc) is 2.33. The molecule has 0 saturated carbocycles. The Hall–Kier alpha value is -1.09. The average molecular weight is 300 g/mol. The van der Waals surface area contributed by atoms with Gasteiger partial charge >= 0.3 is 12.0 Å². The van der Waals surface area contributed by atoms with Gasteiger partial charge in [0.15, 0.2) is 0 Å². The Labute approximate surface area is 114 Å². The summed E-state index contributed by atoms with van der Waals surface area (Å²) in [5, 5.41) is 13.5. The minimum absolute atomic E-state index is 0.0351. The number of hydrogen-bond acceptors (Lipinski definition) is 4. The Morgan fingerprint density at radius 3 is 2.63 bits per heavy atom. The predicted molar refractivity (Wildman–Crippen MR) is 67.8 cm³/mol. The van der Waals surface area contributed by atoms with Crippen LogP contribution in [0, 0.1) is 0 Å². The summed E-state index contributed by atoms with van der Waals surface area (Å²) in [5.41, 5.74) is 0. The van der Waals surface area contributed by atoms with Crippen LogP contribution in [0.3, 0.4) is 0 Å². The van der Waals surface area contributed by atoms with Gasteiger partial charge in [-0.25, -0.2) is 18.4 Å². The van der Waals surface area contributed by atoms with Crippen LogP contribution in [0.1, 0.15) is 6.42 Å². The minimum atomic E-state index is -2.54. The van der Waals surface area contributed by atoms with E-state index in [0.717, 1.165) is 0 Å². The summed E-state index contributed by atoms with van der Waals surface area (Å²) >= 11 is 1.48. The maximum atomic E-state index is 11.7. The lowest BCUT2D eigenvalue weighted by molar-refractivity contribution is -0.139. The van der Waals surface area contributed by atoms with Crippen LogP contribution in [0.5, 0.6) is 0 Å². The SMILES string of the molecule is CSCC[C@H](NC(=O)NCCOCC(F)F)C(=O)O. The van der Waals surface area contributed by atoms with E-state index in [1.807, 2.05) is 6.26 Å². The van der Waals surface area contributed by atoms with E-state index in [-0.39, 0.29) is 13.2 Å². The normalized spacial score (nSPS) is 12.2. The lowest BCUT2D eigenvalue weighted by Crippen LogP contribution is -2.47. The van der Waals surface area contributed by atoms with Crippen LogP contribution in [-0.4, -0.2) is 61.3 Å². The topological polar surface area (TPSA) is 87.7 Å². The number of thioether (sulfide) groups is 1. The largest absolute Gasteiger partial charge is 0.480 e. The number of nitrogens with one attached hydrogen (secondary N) is 2. The molecule has 0 fully saturated rings. The number of ether oxygens (including phenoxy) is 1. The summed E-state index contributed by atoms with van der Waals surface area (Å²) in [7, 11) is 0. The van der Waals surface area contributed by atoms with Gasteiger partial charge in [0.25, 0.3) is 6.43 Å². The number of urea groups is 1. The number of alkyl halides is 2. The van der Waals surface area contributed by atoms with Crippen molar-refractivity contribution in [3.05, 3.63) is 0 Å². The van der Waals surface area contributed by atoms with Crippen LogP contribution in [0.25, 0.3) is 0 Å². The van der Waals surface area contributed by atoms with Gasteiger partial charge in [-0.15, -0.1) is 0 Å². The highest BCUT2D eigenvalue weighted by atomic mass is 32.2. The highest BCUT2D eigenvalue weighted by Gasteiger charge is 2.18. The molecule has 0 saturated heterocycles. The van der Waals surface area contributed by atoms with E-state index < -0.39 is 31.1 Å². The van der Waals surface area contributed by atoms with E-state index in [0.29, 0.717) is 12.2 Å². The number of hydrogen-bond donors (Lipinski definition) is 3. The number of carbonyl (C=O) groups excluding carboxylic acids is 1. The highest BCUT2D eigenvalue weighted by Crippen LogP contribution is 2.00. The van der Waals surface area contributed by atoms with Crippen molar-refractivity contribution < 1.29 is 28.2 Å². The minimum Gasteiger partial charge on any atom is -0.480 e. The quantitative estimate of drug-likeness (QED) is 0.519. The lowest BCUT2D eigenvalue weighted by Gasteiger charge is -2.14. The van der Waals surface area contributed by atoms with Crippen molar-refractivity contribution in [3.63, 3.8) is 0 Å². The first-order valence-corrected chi connectivity index (χ1v) is 6.98. The summed E-state index contributed by atoms with van der Waals surface area (Å²) in [4.78, 5) is 22.2. The molecule has 1 atom stereocenters. The van der Waals surface area contributed by atoms with E-state index in [1.165, 1.54) is 11.8 Å². The van der Waals surface area contributed by atoms with Gasteiger partial charge in [-0.1, -0.05) is 0 Å². The summed E-state index contributed by atoms with van der Waals surface area (Å²) in [5.74, 6) is -0.507. The molecule has 0 unspecified atom stereocenters. The molecule has 0 aliphatic rings. The first kappa shape index (κ1) is 17.9. The zero-order chi connectivity index (χ0) is 14.7. The van der Waals surface area contributed by atoms with E-state index >= 15 is 0 Å². The number of carboxylic acids is 1. The molecule has 9 heteroatoms. The molecule has 0 aromatic heterocycles. The first-order valence-electron chi connectivity index (χ1n) is 5.59. The van der Waals surface area contributed by atoms with Crippen LogP contribution >= 0.6 is 11.8 Å². The molecule has 0 spiro atoms. The van der Waals surface area contributed by atoms with Crippen molar-refractivity contribution in [2.24, 2.45) is 0 Å². The van der Waals surface area contributed by atoms with E-state index in [9.17, 15) is 18.4 Å². The van der Waals surface area contributed by atoms with Crippen LogP contribution in [0.2, 0.25) is 0 Å². The van der Waals surface area contributed by atoms with Crippen molar-refractivity contribution in [2.75, 3.05) is 31.8 Å². The molecule has 0 aromatic carbocycles. The monoisotopic (exact) mass is 300 g/mol. The van der Waals surface area contributed by atoms with Gasteiger partial charge in [-0.2, -0.15) is 11.8 Å². The van der Waals surface area contributed by atoms with Crippen LogP contribution in [0.4, 0.5) is 13.6 Å². The van der Waals surface area contributed by atoms with E-state index in [1.54, 1.807) is 0 Å². The zero-order valence-electron chi connectivity index (χ0n) is 10.5. The number of aliphatic carboxylic acids is 1. The number of halogens is 2. The zero-order valence-corrected chi connectivity index (χ0v) is 11.3.